The average Bonchev–Trinajstić information content (AvgIpc) is 2.84. The van der Waals surface area contributed by atoms with Crippen LogP contribution in [-0.2, 0) is 19.1 Å². The first-order valence-corrected chi connectivity index (χ1v) is 9.75. The molecule has 0 heterocycles. The molecule has 2 N–H and O–H groups in total. The van der Waals surface area contributed by atoms with Gasteiger partial charge in [0.05, 0.1) is 23.9 Å². The van der Waals surface area contributed by atoms with Crippen LogP contribution in [0.25, 0.3) is 0 Å². The van der Waals surface area contributed by atoms with Crippen LogP contribution in [0.1, 0.15) is 58.8 Å². The standard InChI is InChI=1S/C21H30O6/c1-12-10-21(17(24)25)11-13(12)6-7-14(21)19(2)8-5-9-20(3,18(26)27-4)15(19)16(22)23/h13-15H,1,5-11H2,2-4H3,(H,22,23)(H,24,25)/t13-,14+,15+,19+,20-,21+/m1/s1. The van der Waals surface area contributed by atoms with Crippen molar-refractivity contribution >= 4 is 17.9 Å². The van der Waals surface area contributed by atoms with Gasteiger partial charge >= 0.3 is 17.9 Å². The molecule has 3 aliphatic rings. The van der Waals surface area contributed by atoms with Crippen LogP contribution in [0.3, 0.4) is 0 Å². The fourth-order valence-electron chi connectivity index (χ4n) is 6.93. The summed E-state index contributed by atoms with van der Waals surface area (Å²) < 4.78 is 4.97. The molecule has 0 unspecified atom stereocenters. The molecule has 0 aromatic heterocycles. The molecule has 2 bridgehead atoms. The molecule has 0 aromatic carbocycles. The average molecular weight is 378 g/mol. The van der Waals surface area contributed by atoms with Crippen molar-refractivity contribution in [3.05, 3.63) is 12.2 Å². The van der Waals surface area contributed by atoms with Crippen LogP contribution in [-0.4, -0.2) is 35.2 Å². The van der Waals surface area contributed by atoms with Crippen LogP contribution in [0.5, 0.6) is 0 Å². The lowest BCUT2D eigenvalue weighted by molar-refractivity contribution is -0.190. The first-order valence-electron chi connectivity index (χ1n) is 9.75. The summed E-state index contributed by atoms with van der Waals surface area (Å²) in [5.74, 6) is -3.48. The summed E-state index contributed by atoms with van der Waals surface area (Å²) in [6.45, 7) is 7.66. The summed E-state index contributed by atoms with van der Waals surface area (Å²) in [5, 5.41) is 20.3. The number of rotatable bonds is 4. The third kappa shape index (κ3) is 2.63. The van der Waals surface area contributed by atoms with Gasteiger partial charge in [0.25, 0.3) is 0 Å². The lowest BCUT2D eigenvalue weighted by Crippen LogP contribution is -2.59. The Balaban J connectivity index is 2.12. The van der Waals surface area contributed by atoms with Gasteiger partial charge in [-0.1, -0.05) is 25.5 Å². The molecule has 150 valence electrons. The van der Waals surface area contributed by atoms with Crippen LogP contribution in [0.2, 0.25) is 0 Å². The van der Waals surface area contributed by atoms with Crippen molar-refractivity contribution in [1.29, 1.82) is 0 Å². The Morgan fingerprint density at radius 1 is 1.15 bits per heavy atom. The summed E-state index contributed by atoms with van der Waals surface area (Å²) in [7, 11) is 1.28. The number of aliphatic carboxylic acids is 2. The SMILES string of the molecule is C=C1C[C@]2(C(=O)O)C[C@H]1CC[C@H]2[C@]1(C)CCC[C@@](C)(C(=O)OC)[C@H]1C(=O)O. The third-order valence-corrected chi connectivity index (χ3v) is 8.03. The van der Waals surface area contributed by atoms with Crippen LogP contribution in [0.15, 0.2) is 12.2 Å². The van der Waals surface area contributed by atoms with Crippen molar-refractivity contribution in [2.75, 3.05) is 7.11 Å². The van der Waals surface area contributed by atoms with Gasteiger partial charge in [0, 0.05) is 0 Å². The highest BCUT2D eigenvalue weighted by Crippen LogP contribution is 2.67. The van der Waals surface area contributed by atoms with Gasteiger partial charge in [-0.05, 0) is 62.7 Å². The number of hydrogen-bond acceptors (Lipinski definition) is 4. The van der Waals surface area contributed by atoms with Gasteiger partial charge in [0.15, 0.2) is 0 Å². The Kier molecular flexibility index (Phi) is 4.68. The molecule has 0 aromatic rings. The van der Waals surface area contributed by atoms with E-state index >= 15 is 0 Å². The normalized spacial score (nSPS) is 44.0. The van der Waals surface area contributed by atoms with Crippen LogP contribution in [0, 0.1) is 34.0 Å². The van der Waals surface area contributed by atoms with Crippen molar-refractivity contribution in [2.24, 2.45) is 34.0 Å². The number of methoxy groups -OCH3 is 1. The maximum absolute atomic E-state index is 12.6. The van der Waals surface area contributed by atoms with E-state index in [0.29, 0.717) is 38.5 Å². The lowest BCUT2D eigenvalue weighted by Gasteiger charge is -2.56. The van der Waals surface area contributed by atoms with E-state index in [9.17, 15) is 24.6 Å². The molecule has 0 aliphatic heterocycles. The Hall–Kier alpha value is -1.85. The van der Waals surface area contributed by atoms with Gasteiger partial charge in [0.2, 0.25) is 0 Å². The second-order valence-corrected chi connectivity index (χ2v) is 9.37. The topological polar surface area (TPSA) is 101 Å². The minimum absolute atomic E-state index is 0.208. The number of carbonyl (C=O) groups excluding carboxylic acids is 1. The van der Waals surface area contributed by atoms with Crippen molar-refractivity contribution < 1.29 is 29.3 Å². The van der Waals surface area contributed by atoms with Crippen molar-refractivity contribution in [3.8, 4) is 0 Å². The molecular weight excluding hydrogens is 348 g/mol. The van der Waals surface area contributed by atoms with Crippen molar-refractivity contribution in [1.82, 2.24) is 0 Å². The molecule has 0 radical (unpaired) electrons. The van der Waals surface area contributed by atoms with Gasteiger partial charge in [-0.3, -0.25) is 14.4 Å². The number of allylic oxidation sites excluding steroid dienone is 1. The number of carboxylic acids is 2. The predicted octanol–water partition coefficient (Wildman–Crippen LogP) is 3.50. The van der Waals surface area contributed by atoms with E-state index in [1.54, 1.807) is 6.92 Å². The smallest absolute Gasteiger partial charge is 0.312 e. The van der Waals surface area contributed by atoms with Gasteiger partial charge in [0.1, 0.15) is 0 Å². The molecule has 6 atom stereocenters. The number of fused-ring (bicyclic) bond motifs is 2. The highest BCUT2D eigenvalue weighted by Gasteiger charge is 2.66. The molecule has 3 fully saturated rings. The summed E-state index contributed by atoms with van der Waals surface area (Å²) in [4.78, 5) is 37.4. The predicted molar refractivity (Wildman–Crippen MR) is 97.9 cm³/mol. The zero-order valence-electron chi connectivity index (χ0n) is 16.4. The number of carbonyl (C=O) groups is 3. The van der Waals surface area contributed by atoms with Gasteiger partial charge in [-0.25, -0.2) is 0 Å². The Morgan fingerprint density at radius 2 is 1.81 bits per heavy atom. The molecule has 0 saturated heterocycles. The number of esters is 1. The summed E-state index contributed by atoms with van der Waals surface area (Å²) in [6.07, 6.45) is 4.17. The highest BCUT2D eigenvalue weighted by molar-refractivity contribution is 5.85. The number of hydrogen-bond donors (Lipinski definition) is 2. The highest BCUT2D eigenvalue weighted by atomic mass is 16.5. The molecule has 6 heteroatoms. The second kappa shape index (κ2) is 6.35. The Morgan fingerprint density at radius 3 is 2.37 bits per heavy atom. The zero-order chi connectivity index (χ0) is 20.2. The van der Waals surface area contributed by atoms with Crippen molar-refractivity contribution in [2.45, 2.75) is 58.8 Å². The van der Waals surface area contributed by atoms with E-state index in [1.807, 2.05) is 6.92 Å². The van der Waals surface area contributed by atoms with Crippen molar-refractivity contribution in [3.63, 3.8) is 0 Å². The number of ether oxygens (including phenoxy) is 1. The fraction of sp³-hybridized carbons (Fsp3) is 0.762. The number of carboxylic acid groups (broad SMARTS) is 2. The third-order valence-electron chi connectivity index (χ3n) is 8.03. The molecule has 27 heavy (non-hydrogen) atoms. The molecule has 0 spiro atoms. The van der Waals surface area contributed by atoms with E-state index in [-0.39, 0.29) is 11.8 Å². The van der Waals surface area contributed by atoms with Crippen LogP contribution in [0.4, 0.5) is 0 Å². The maximum Gasteiger partial charge on any atom is 0.312 e. The van der Waals surface area contributed by atoms with E-state index in [1.165, 1.54) is 7.11 Å². The van der Waals surface area contributed by atoms with E-state index in [0.717, 1.165) is 12.0 Å². The first-order chi connectivity index (χ1) is 12.5. The lowest BCUT2D eigenvalue weighted by atomic mass is 9.46. The van der Waals surface area contributed by atoms with Crippen LogP contribution < -0.4 is 0 Å². The zero-order valence-corrected chi connectivity index (χ0v) is 16.4. The molecule has 3 rings (SSSR count). The Labute approximate surface area is 160 Å². The van der Waals surface area contributed by atoms with Crippen LogP contribution >= 0.6 is 0 Å². The maximum atomic E-state index is 12.6. The monoisotopic (exact) mass is 378 g/mol. The van der Waals surface area contributed by atoms with E-state index < -0.39 is 40.1 Å². The van der Waals surface area contributed by atoms with Gasteiger partial charge < -0.3 is 14.9 Å². The quantitative estimate of drug-likeness (QED) is 0.573. The fourth-order valence-corrected chi connectivity index (χ4v) is 6.93. The van der Waals surface area contributed by atoms with E-state index in [2.05, 4.69) is 6.58 Å². The largest absolute Gasteiger partial charge is 0.481 e. The van der Waals surface area contributed by atoms with E-state index in [4.69, 9.17) is 4.74 Å². The minimum atomic E-state index is -1.15. The summed E-state index contributed by atoms with van der Waals surface area (Å²) in [6, 6.07) is 0. The molecule has 0 amide bonds. The van der Waals surface area contributed by atoms with Gasteiger partial charge in [-0.2, -0.15) is 0 Å². The summed E-state index contributed by atoms with van der Waals surface area (Å²) >= 11 is 0. The molecule has 3 aliphatic carbocycles. The molecule has 3 saturated carbocycles. The Bertz CT molecular complexity index is 699. The van der Waals surface area contributed by atoms with Gasteiger partial charge in [-0.15, -0.1) is 0 Å². The molecule has 6 nitrogen and oxygen atoms in total. The minimum Gasteiger partial charge on any atom is -0.481 e. The summed E-state index contributed by atoms with van der Waals surface area (Å²) in [5.41, 5.74) is -1.95. The molecular formula is C21H30O6. The second-order valence-electron chi connectivity index (χ2n) is 9.37. The first kappa shape index (κ1) is 19.9.